The first-order valence-electron chi connectivity index (χ1n) is 10.3. The van der Waals surface area contributed by atoms with E-state index < -0.39 is 11.9 Å². The second-order valence-corrected chi connectivity index (χ2v) is 8.34. The molecule has 9 heteroatoms. The number of hydrogen-bond acceptors (Lipinski definition) is 6. The molecule has 0 amide bonds. The normalized spacial score (nSPS) is 21.5. The number of likely N-dealkylation sites (tertiary alicyclic amines) is 1. The van der Waals surface area contributed by atoms with E-state index in [1.165, 1.54) is 12.8 Å². The van der Waals surface area contributed by atoms with Crippen molar-refractivity contribution in [1.82, 2.24) is 19.9 Å². The quantitative estimate of drug-likeness (QED) is 0.722. The Kier molecular flexibility index (Phi) is 4.72. The Morgan fingerprint density at radius 3 is 2.38 bits per heavy atom. The number of oxazole rings is 1. The van der Waals surface area contributed by atoms with Gasteiger partial charge in [0.1, 0.15) is 23.6 Å². The zero-order valence-electron chi connectivity index (χ0n) is 16.1. The van der Waals surface area contributed by atoms with Crippen LogP contribution in [0.3, 0.4) is 0 Å². The molecule has 6 nitrogen and oxygen atoms in total. The van der Waals surface area contributed by atoms with Crippen LogP contribution in [0.2, 0.25) is 0 Å². The number of rotatable bonds is 6. The van der Waals surface area contributed by atoms with E-state index in [-0.39, 0.29) is 12.1 Å². The molecule has 0 spiro atoms. The van der Waals surface area contributed by atoms with Gasteiger partial charge in [-0.05, 0) is 38.5 Å². The lowest BCUT2D eigenvalue weighted by molar-refractivity contribution is -0.141. The van der Waals surface area contributed by atoms with Crippen LogP contribution in [0.25, 0.3) is 0 Å². The molecule has 1 saturated heterocycles. The van der Waals surface area contributed by atoms with E-state index in [1.807, 2.05) is 6.20 Å². The highest BCUT2D eigenvalue weighted by Crippen LogP contribution is 2.40. The van der Waals surface area contributed by atoms with Crippen molar-refractivity contribution < 1.29 is 17.6 Å². The summed E-state index contributed by atoms with van der Waals surface area (Å²) in [4.78, 5) is 16.4. The second kappa shape index (κ2) is 7.27. The summed E-state index contributed by atoms with van der Waals surface area (Å²) in [5, 5.41) is 0. The monoisotopic (exact) mass is 407 g/mol. The van der Waals surface area contributed by atoms with Gasteiger partial charge in [-0.3, -0.25) is 4.90 Å². The lowest BCUT2D eigenvalue weighted by Gasteiger charge is -2.39. The third-order valence-electron chi connectivity index (χ3n) is 6.01. The molecule has 3 heterocycles. The number of alkyl halides is 3. The van der Waals surface area contributed by atoms with E-state index in [2.05, 4.69) is 24.8 Å². The van der Waals surface area contributed by atoms with Crippen LogP contribution in [0.1, 0.15) is 61.8 Å². The first-order chi connectivity index (χ1) is 14.0. The van der Waals surface area contributed by atoms with Gasteiger partial charge in [-0.25, -0.2) is 15.0 Å². The molecule has 0 unspecified atom stereocenters. The predicted molar refractivity (Wildman–Crippen MR) is 99.3 cm³/mol. The van der Waals surface area contributed by atoms with Gasteiger partial charge in [0.25, 0.3) is 0 Å². The van der Waals surface area contributed by atoms with Crippen LogP contribution >= 0.6 is 0 Å². The Morgan fingerprint density at radius 2 is 1.72 bits per heavy atom. The summed E-state index contributed by atoms with van der Waals surface area (Å²) in [5.41, 5.74) is -0.874. The van der Waals surface area contributed by atoms with Crippen LogP contribution in [0.4, 0.5) is 19.0 Å². The smallest absolute Gasteiger partial charge is 0.433 e. The molecule has 2 saturated carbocycles. The van der Waals surface area contributed by atoms with Crippen molar-refractivity contribution in [3.8, 4) is 0 Å². The maximum atomic E-state index is 13.1. The number of nitrogens with zero attached hydrogens (tertiary/aromatic N) is 5. The summed E-state index contributed by atoms with van der Waals surface area (Å²) in [6, 6.07) is 1.58. The van der Waals surface area contributed by atoms with Crippen molar-refractivity contribution in [1.29, 1.82) is 0 Å². The van der Waals surface area contributed by atoms with Gasteiger partial charge in [0.2, 0.25) is 5.89 Å². The van der Waals surface area contributed by atoms with Gasteiger partial charge in [0.05, 0.1) is 12.7 Å². The molecule has 0 N–H and O–H groups in total. The van der Waals surface area contributed by atoms with Crippen LogP contribution < -0.4 is 4.90 Å². The average Bonchev–Trinajstić information content (AvgIpc) is 3.63. The molecule has 2 aromatic rings. The number of anilines is 1. The largest absolute Gasteiger partial charge is 0.444 e. The highest BCUT2D eigenvalue weighted by Gasteiger charge is 2.39. The summed E-state index contributed by atoms with van der Waals surface area (Å²) < 4.78 is 45.1. The fourth-order valence-electron chi connectivity index (χ4n) is 4.17. The van der Waals surface area contributed by atoms with Crippen LogP contribution in [0, 0.1) is 0 Å². The molecule has 0 aromatic carbocycles. The minimum atomic E-state index is -4.45. The summed E-state index contributed by atoms with van der Waals surface area (Å²) in [6.45, 7) is 2.42. The Morgan fingerprint density at radius 1 is 1.00 bits per heavy atom. The topological polar surface area (TPSA) is 58.3 Å². The van der Waals surface area contributed by atoms with Crippen molar-refractivity contribution >= 4 is 5.82 Å². The number of halogens is 3. The van der Waals surface area contributed by atoms with E-state index in [0.29, 0.717) is 18.3 Å². The Balaban J connectivity index is 1.23. The van der Waals surface area contributed by atoms with Gasteiger partial charge >= 0.3 is 6.18 Å². The third-order valence-corrected chi connectivity index (χ3v) is 6.01. The molecule has 2 aliphatic carbocycles. The van der Waals surface area contributed by atoms with Gasteiger partial charge in [-0.2, -0.15) is 13.2 Å². The Bertz CT molecular complexity index is 854. The fraction of sp³-hybridized carbons (Fsp3) is 0.650. The molecular weight excluding hydrogens is 383 g/mol. The molecule has 5 rings (SSSR count). The Labute approximate surface area is 167 Å². The van der Waals surface area contributed by atoms with Crippen LogP contribution in [-0.4, -0.2) is 45.0 Å². The summed E-state index contributed by atoms with van der Waals surface area (Å²) in [6.07, 6.45) is 4.59. The van der Waals surface area contributed by atoms with E-state index in [4.69, 9.17) is 4.42 Å². The zero-order valence-corrected chi connectivity index (χ0v) is 16.1. The van der Waals surface area contributed by atoms with Crippen molar-refractivity contribution in [2.24, 2.45) is 0 Å². The fourth-order valence-corrected chi connectivity index (χ4v) is 4.17. The van der Waals surface area contributed by atoms with E-state index in [1.54, 1.807) is 0 Å². The van der Waals surface area contributed by atoms with Crippen LogP contribution in [-0.2, 0) is 12.7 Å². The lowest BCUT2D eigenvalue weighted by Crippen LogP contribution is -2.46. The van der Waals surface area contributed by atoms with Gasteiger partial charge < -0.3 is 9.32 Å². The van der Waals surface area contributed by atoms with Crippen molar-refractivity contribution in [3.05, 3.63) is 35.9 Å². The molecule has 0 radical (unpaired) electrons. The van der Waals surface area contributed by atoms with Gasteiger partial charge in [-0.15, -0.1) is 0 Å². The first-order valence-corrected chi connectivity index (χ1v) is 10.3. The maximum absolute atomic E-state index is 13.1. The first kappa shape index (κ1) is 18.8. The standard InChI is InChI=1S/C20H24F3N5O/c21-20(22,23)17-9-18(26-12-25-17)28(14-3-4-14)15-5-7-27(8-6-15)11-19-24-10-16(29-19)13-1-2-13/h9-10,12-15H,1-8,11H2. The number of piperidine rings is 1. The van der Waals surface area contributed by atoms with Crippen molar-refractivity contribution in [2.75, 3.05) is 18.0 Å². The highest BCUT2D eigenvalue weighted by molar-refractivity contribution is 5.44. The number of aromatic nitrogens is 3. The minimum absolute atomic E-state index is 0.196. The summed E-state index contributed by atoms with van der Waals surface area (Å²) in [7, 11) is 0. The molecule has 3 fully saturated rings. The summed E-state index contributed by atoms with van der Waals surface area (Å²) >= 11 is 0. The van der Waals surface area contributed by atoms with E-state index in [0.717, 1.165) is 62.8 Å². The van der Waals surface area contributed by atoms with Gasteiger partial charge in [-0.1, -0.05) is 0 Å². The van der Waals surface area contributed by atoms with Crippen molar-refractivity contribution in [2.45, 2.75) is 69.2 Å². The highest BCUT2D eigenvalue weighted by atomic mass is 19.4. The van der Waals surface area contributed by atoms with E-state index >= 15 is 0 Å². The molecule has 1 aliphatic heterocycles. The SMILES string of the molecule is FC(F)(F)c1cc(N(C2CC2)C2CCN(Cc3ncc(C4CC4)o3)CC2)ncn1. The van der Waals surface area contributed by atoms with Crippen molar-refractivity contribution in [3.63, 3.8) is 0 Å². The average molecular weight is 407 g/mol. The third kappa shape index (κ3) is 4.24. The molecule has 0 bridgehead atoms. The molecular formula is C20H24F3N5O. The number of hydrogen-bond donors (Lipinski definition) is 0. The second-order valence-electron chi connectivity index (χ2n) is 8.34. The van der Waals surface area contributed by atoms with E-state index in [9.17, 15) is 13.2 Å². The summed E-state index contributed by atoms with van der Waals surface area (Å²) in [5.74, 6) is 2.72. The lowest BCUT2D eigenvalue weighted by atomic mass is 10.0. The minimum Gasteiger partial charge on any atom is -0.444 e. The van der Waals surface area contributed by atoms with Crippen LogP contribution in [0.15, 0.2) is 23.0 Å². The maximum Gasteiger partial charge on any atom is 0.433 e. The molecule has 156 valence electrons. The zero-order chi connectivity index (χ0) is 20.0. The Hall–Kier alpha value is -2.16. The molecule has 2 aromatic heterocycles. The predicted octanol–water partition coefficient (Wildman–Crippen LogP) is 3.99. The van der Waals surface area contributed by atoms with Gasteiger partial charge in [0.15, 0.2) is 0 Å². The van der Waals surface area contributed by atoms with Gasteiger partial charge in [0, 0.05) is 37.2 Å². The van der Waals surface area contributed by atoms with Crippen LogP contribution in [0.5, 0.6) is 0 Å². The molecule has 0 atom stereocenters. The molecule has 29 heavy (non-hydrogen) atoms. The molecule has 3 aliphatic rings.